The Hall–Kier alpha value is -2.94. The predicted molar refractivity (Wildman–Crippen MR) is 113 cm³/mol. The largest absolute Gasteiger partial charge is 0.478 e. The average Bonchev–Trinajstić information content (AvgIpc) is 2.70. The van der Waals surface area contributed by atoms with Crippen molar-refractivity contribution in [3.63, 3.8) is 0 Å². The van der Waals surface area contributed by atoms with Gasteiger partial charge >= 0.3 is 5.97 Å². The highest BCUT2D eigenvalue weighted by Crippen LogP contribution is 2.14. The lowest BCUT2D eigenvalue weighted by Crippen LogP contribution is -2.33. The number of aromatic carboxylic acids is 1. The third-order valence-corrected chi connectivity index (χ3v) is 3.29. The zero-order valence-electron chi connectivity index (χ0n) is 16.4. The Morgan fingerprint density at radius 1 is 1.08 bits per heavy atom. The summed E-state index contributed by atoms with van der Waals surface area (Å²) in [5.41, 5.74) is 1.77. The van der Waals surface area contributed by atoms with Crippen LogP contribution in [0.25, 0.3) is 23.4 Å². The smallest absolute Gasteiger partial charge is 0.336 e. The third kappa shape index (κ3) is 6.89. The van der Waals surface area contributed by atoms with Crippen molar-refractivity contribution in [3.05, 3.63) is 77.3 Å². The second kappa shape index (κ2) is 13.4. The topological polar surface area (TPSA) is 50.2 Å². The van der Waals surface area contributed by atoms with Crippen molar-refractivity contribution in [2.45, 2.75) is 34.6 Å². The van der Waals surface area contributed by atoms with E-state index in [0.717, 1.165) is 5.56 Å². The number of carboxylic acid groups (broad SMARTS) is 1. The summed E-state index contributed by atoms with van der Waals surface area (Å²) in [5, 5.41) is 10.6. The molecule has 3 nitrogen and oxygen atoms in total. The van der Waals surface area contributed by atoms with Gasteiger partial charge in [-0.05, 0) is 32.9 Å². The standard InChI is InChI=1S/C17H15NO2.C4H8.C2H6/c1-3-8-15-13(4-2)14(17(19)20)11-16(18-15)12-9-6-5-7-10-12;1-3-4-2;1-2/h3-11H,1H2,2H3,(H,19,20);3-4H,1-2H3;1-2H3/b13-4-,15-8+;4-3-;. The minimum Gasteiger partial charge on any atom is -0.478 e. The number of allylic oxidation sites excluding steroid dienone is 3. The Kier molecular flexibility index (Phi) is 11.9. The van der Waals surface area contributed by atoms with Gasteiger partial charge in [-0.25, -0.2) is 9.78 Å². The summed E-state index contributed by atoms with van der Waals surface area (Å²) in [6, 6.07) is 11.1. The fourth-order valence-electron chi connectivity index (χ4n) is 2.05. The molecule has 3 heteroatoms. The maximum Gasteiger partial charge on any atom is 0.336 e. The van der Waals surface area contributed by atoms with Crippen LogP contribution in [0.3, 0.4) is 0 Å². The number of carboxylic acids is 1. The lowest BCUT2D eigenvalue weighted by Gasteiger charge is -2.04. The summed E-state index contributed by atoms with van der Waals surface area (Å²) in [6.45, 7) is 13.4. The fourth-order valence-corrected chi connectivity index (χ4v) is 2.05. The van der Waals surface area contributed by atoms with E-state index in [9.17, 15) is 9.90 Å². The van der Waals surface area contributed by atoms with Crippen molar-refractivity contribution in [2.75, 3.05) is 0 Å². The monoisotopic (exact) mass is 351 g/mol. The number of aromatic nitrogens is 1. The number of rotatable bonds is 3. The number of benzene rings is 1. The number of hydrogen-bond donors (Lipinski definition) is 1. The van der Waals surface area contributed by atoms with Gasteiger partial charge in [-0.3, -0.25) is 0 Å². The first-order valence-electron chi connectivity index (χ1n) is 8.75. The van der Waals surface area contributed by atoms with E-state index in [1.54, 1.807) is 31.2 Å². The van der Waals surface area contributed by atoms with Crippen LogP contribution in [0, 0.1) is 0 Å². The van der Waals surface area contributed by atoms with Crippen LogP contribution in [0.2, 0.25) is 0 Å². The average molecular weight is 351 g/mol. The van der Waals surface area contributed by atoms with Crippen molar-refractivity contribution in [2.24, 2.45) is 0 Å². The Morgan fingerprint density at radius 3 is 2.08 bits per heavy atom. The minimum absolute atomic E-state index is 0.245. The van der Waals surface area contributed by atoms with E-state index in [1.165, 1.54) is 0 Å². The van der Waals surface area contributed by atoms with Gasteiger partial charge < -0.3 is 5.11 Å². The molecule has 1 aromatic carbocycles. The first-order chi connectivity index (χ1) is 12.6. The van der Waals surface area contributed by atoms with Gasteiger partial charge in [-0.15, -0.1) is 0 Å². The van der Waals surface area contributed by atoms with Crippen molar-refractivity contribution >= 4 is 18.1 Å². The van der Waals surface area contributed by atoms with Crippen molar-refractivity contribution in [1.29, 1.82) is 0 Å². The van der Waals surface area contributed by atoms with E-state index in [4.69, 9.17) is 0 Å². The van der Waals surface area contributed by atoms with E-state index in [1.807, 2.05) is 70.2 Å². The van der Waals surface area contributed by atoms with Crippen molar-refractivity contribution in [1.82, 2.24) is 4.98 Å². The van der Waals surface area contributed by atoms with E-state index in [-0.39, 0.29) is 5.56 Å². The maximum atomic E-state index is 11.4. The van der Waals surface area contributed by atoms with Crippen LogP contribution in [-0.2, 0) is 0 Å². The van der Waals surface area contributed by atoms with Gasteiger partial charge in [0.05, 0.1) is 16.6 Å². The zero-order valence-corrected chi connectivity index (χ0v) is 16.4. The normalized spacial score (nSPS) is 11.3. The van der Waals surface area contributed by atoms with Crippen LogP contribution in [0.15, 0.2) is 61.2 Å². The van der Waals surface area contributed by atoms with E-state index in [2.05, 4.69) is 11.6 Å². The van der Waals surface area contributed by atoms with Crippen LogP contribution in [0.5, 0.6) is 0 Å². The first kappa shape index (κ1) is 23.1. The van der Waals surface area contributed by atoms with Gasteiger partial charge in [0.15, 0.2) is 0 Å². The van der Waals surface area contributed by atoms with E-state index >= 15 is 0 Å². The van der Waals surface area contributed by atoms with Gasteiger partial charge in [0.1, 0.15) is 0 Å². The molecule has 1 N–H and O–H groups in total. The van der Waals surface area contributed by atoms with Gasteiger partial charge in [0.2, 0.25) is 0 Å². The van der Waals surface area contributed by atoms with Crippen LogP contribution in [0.4, 0.5) is 0 Å². The molecule has 1 heterocycles. The Bertz CT molecular complexity index is 831. The van der Waals surface area contributed by atoms with Gasteiger partial charge in [-0.1, -0.05) is 75.1 Å². The summed E-state index contributed by atoms with van der Waals surface area (Å²) in [5.74, 6) is -0.962. The van der Waals surface area contributed by atoms with Crippen LogP contribution in [0.1, 0.15) is 45.0 Å². The Morgan fingerprint density at radius 2 is 1.65 bits per heavy atom. The number of pyridine rings is 1. The van der Waals surface area contributed by atoms with Crippen LogP contribution >= 0.6 is 0 Å². The van der Waals surface area contributed by atoms with Gasteiger partial charge in [0.25, 0.3) is 0 Å². The molecule has 0 unspecified atom stereocenters. The first-order valence-corrected chi connectivity index (χ1v) is 8.75. The molecule has 0 fully saturated rings. The molecule has 1 aromatic heterocycles. The molecule has 0 aliphatic carbocycles. The van der Waals surface area contributed by atoms with Gasteiger partial charge in [-0.2, -0.15) is 0 Å². The number of nitrogens with zero attached hydrogens (tertiary/aromatic N) is 1. The SMILES string of the molecule is C/C=C\C.C=C/C=c1/nc(-c2ccccc2)cc(C(=O)O)/c1=C/C.CC. The molecule has 138 valence electrons. The Balaban J connectivity index is 0.000000920. The van der Waals surface area contributed by atoms with Crippen LogP contribution in [-0.4, -0.2) is 16.1 Å². The van der Waals surface area contributed by atoms with Crippen molar-refractivity contribution in [3.8, 4) is 11.3 Å². The highest BCUT2D eigenvalue weighted by atomic mass is 16.4. The molecule has 0 radical (unpaired) electrons. The third-order valence-electron chi connectivity index (χ3n) is 3.29. The number of carbonyl (C=O) groups is 1. The maximum absolute atomic E-state index is 11.4. The molecule has 0 spiro atoms. The molecule has 0 aliphatic rings. The molecule has 2 aromatic rings. The molecular weight excluding hydrogens is 322 g/mol. The van der Waals surface area contributed by atoms with Gasteiger partial charge in [0, 0.05) is 10.8 Å². The highest BCUT2D eigenvalue weighted by molar-refractivity contribution is 5.89. The summed E-state index contributed by atoms with van der Waals surface area (Å²) in [6.07, 6.45) is 9.07. The second-order valence-corrected chi connectivity index (χ2v) is 4.88. The fraction of sp³-hybridized carbons (Fsp3) is 0.217. The molecule has 2 rings (SSSR count). The number of hydrogen-bond acceptors (Lipinski definition) is 2. The summed E-state index contributed by atoms with van der Waals surface area (Å²) in [7, 11) is 0. The molecule has 0 saturated heterocycles. The minimum atomic E-state index is -0.962. The second-order valence-electron chi connectivity index (χ2n) is 4.88. The van der Waals surface area contributed by atoms with E-state index < -0.39 is 5.97 Å². The summed E-state index contributed by atoms with van der Waals surface area (Å²) in [4.78, 5) is 16.0. The lowest BCUT2D eigenvalue weighted by atomic mass is 10.1. The van der Waals surface area contributed by atoms with Crippen molar-refractivity contribution < 1.29 is 9.90 Å². The molecule has 0 bridgehead atoms. The van der Waals surface area contributed by atoms with E-state index in [0.29, 0.717) is 16.3 Å². The molecular formula is C23H29NO2. The molecule has 0 saturated carbocycles. The zero-order chi connectivity index (χ0) is 19.9. The Labute approximate surface area is 156 Å². The molecule has 0 atom stereocenters. The molecule has 26 heavy (non-hydrogen) atoms. The molecule has 0 aliphatic heterocycles. The summed E-state index contributed by atoms with van der Waals surface area (Å²) < 4.78 is 0. The highest BCUT2D eigenvalue weighted by Gasteiger charge is 2.10. The summed E-state index contributed by atoms with van der Waals surface area (Å²) >= 11 is 0. The quantitative estimate of drug-likeness (QED) is 0.806. The van der Waals surface area contributed by atoms with Crippen LogP contribution < -0.4 is 10.6 Å². The molecule has 0 amide bonds. The predicted octanol–water partition coefficient (Wildman–Crippen LogP) is 4.82. The lowest BCUT2D eigenvalue weighted by molar-refractivity contribution is 0.0695.